The second kappa shape index (κ2) is 5.97. The van der Waals surface area contributed by atoms with E-state index in [-0.39, 0.29) is 11.9 Å². The molecule has 1 unspecified atom stereocenters. The first kappa shape index (κ1) is 10.5. The maximum Gasteiger partial charge on any atom is 0.236 e. The fraction of sp³-hybridized carbons (Fsp3) is 0.900. The van der Waals surface area contributed by atoms with E-state index >= 15 is 0 Å². The van der Waals surface area contributed by atoms with Crippen molar-refractivity contribution in [2.75, 3.05) is 6.54 Å². The Morgan fingerprint density at radius 2 is 1.69 bits per heavy atom. The highest BCUT2D eigenvalue weighted by molar-refractivity contribution is 5.81. The third kappa shape index (κ3) is 4.27. The summed E-state index contributed by atoms with van der Waals surface area (Å²) in [6, 6.07) is -0.280. The fourth-order valence-corrected chi connectivity index (χ4v) is 1.67. The molecule has 1 aliphatic heterocycles. The molecule has 0 aliphatic carbocycles. The molecule has 0 spiro atoms. The zero-order chi connectivity index (χ0) is 9.52. The third-order valence-electron chi connectivity index (χ3n) is 2.58. The van der Waals surface area contributed by atoms with Gasteiger partial charge in [-0.1, -0.05) is 32.1 Å². The maximum atomic E-state index is 11.3. The predicted octanol–water partition coefficient (Wildman–Crippen LogP) is 1.17. The van der Waals surface area contributed by atoms with Crippen LogP contribution in [0.4, 0.5) is 0 Å². The van der Waals surface area contributed by atoms with Crippen LogP contribution in [0.5, 0.6) is 0 Å². The second-order valence-corrected chi connectivity index (χ2v) is 3.81. The molecule has 0 saturated carbocycles. The van der Waals surface area contributed by atoms with Gasteiger partial charge in [0.15, 0.2) is 0 Å². The van der Waals surface area contributed by atoms with Crippen LogP contribution in [0.3, 0.4) is 0 Å². The molecule has 0 aromatic heterocycles. The number of hydrogen-bond donors (Lipinski definition) is 2. The lowest BCUT2D eigenvalue weighted by Gasteiger charge is -2.10. The van der Waals surface area contributed by atoms with Gasteiger partial charge in [-0.2, -0.15) is 0 Å². The molecule has 0 aromatic rings. The standard InChI is InChI=1S/C10H20N2O/c11-9-7-5-3-1-2-4-6-8-12-10(9)13/h9H,1-8,11H2,(H,12,13). The smallest absolute Gasteiger partial charge is 0.236 e. The number of nitrogens with one attached hydrogen (secondary N) is 1. The second-order valence-electron chi connectivity index (χ2n) is 3.81. The van der Waals surface area contributed by atoms with Gasteiger partial charge in [0.1, 0.15) is 0 Å². The Labute approximate surface area is 80.1 Å². The molecule has 0 bridgehead atoms. The molecule has 13 heavy (non-hydrogen) atoms. The van der Waals surface area contributed by atoms with E-state index in [9.17, 15) is 4.79 Å². The topological polar surface area (TPSA) is 55.1 Å². The van der Waals surface area contributed by atoms with E-state index in [4.69, 9.17) is 5.73 Å². The summed E-state index contributed by atoms with van der Waals surface area (Å²) in [5, 5.41) is 2.87. The summed E-state index contributed by atoms with van der Waals surface area (Å²) >= 11 is 0. The highest BCUT2D eigenvalue weighted by Crippen LogP contribution is 2.09. The Morgan fingerprint density at radius 3 is 2.46 bits per heavy atom. The SMILES string of the molecule is NC1CCCCCCCCNC1=O. The Balaban J connectivity index is 2.31. The molecular formula is C10H20N2O. The molecule has 1 amide bonds. The van der Waals surface area contributed by atoms with Gasteiger partial charge in [-0.15, -0.1) is 0 Å². The molecule has 1 aliphatic rings. The first-order valence-electron chi connectivity index (χ1n) is 5.34. The molecule has 3 heteroatoms. The molecule has 3 nitrogen and oxygen atoms in total. The van der Waals surface area contributed by atoms with Gasteiger partial charge in [0.25, 0.3) is 0 Å². The highest BCUT2D eigenvalue weighted by atomic mass is 16.2. The molecule has 3 N–H and O–H groups in total. The average molecular weight is 184 g/mol. The number of hydrogen-bond acceptors (Lipinski definition) is 2. The van der Waals surface area contributed by atoms with Gasteiger partial charge < -0.3 is 11.1 Å². The Morgan fingerprint density at radius 1 is 1.08 bits per heavy atom. The quantitative estimate of drug-likeness (QED) is 0.594. The molecule has 0 radical (unpaired) electrons. The molecule has 1 heterocycles. The van der Waals surface area contributed by atoms with Crippen LogP contribution in [0.1, 0.15) is 44.9 Å². The Kier molecular flexibility index (Phi) is 4.83. The highest BCUT2D eigenvalue weighted by Gasteiger charge is 2.12. The molecular weight excluding hydrogens is 164 g/mol. The average Bonchev–Trinajstić information content (AvgIpc) is 2.16. The number of rotatable bonds is 0. The summed E-state index contributed by atoms with van der Waals surface area (Å²) in [5.41, 5.74) is 5.71. The zero-order valence-corrected chi connectivity index (χ0v) is 8.22. The molecule has 76 valence electrons. The van der Waals surface area contributed by atoms with Gasteiger partial charge in [-0.3, -0.25) is 4.79 Å². The lowest BCUT2D eigenvalue weighted by molar-refractivity contribution is -0.122. The summed E-state index contributed by atoms with van der Waals surface area (Å²) in [7, 11) is 0. The van der Waals surface area contributed by atoms with Crippen molar-refractivity contribution in [3.05, 3.63) is 0 Å². The third-order valence-corrected chi connectivity index (χ3v) is 2.58. The van der Waals surface area contributed by atoms with Crippen LogP contribution in [-0.2, 0) is 4.79 Å². The van der Waals surface area contributed by atoms with Crippen molar-refractivity contribution in [2.24, 2.45) is 5.73 Å². The van der Waals surface area contributed by atoms with E-state index in [0.29, 0.717) is 0 Å². The van der Waals surface area contributed by atoms with Gasteiger partial charge in [0.2, 0.25) is 5.91 Å². The Hall–Kier alpha value is -0.570. The number of carbonyl (C=O) groups is 1. The van der Waals surface area contributed by atoms with E-state index < -0.39 is 0 Å². The van der Waals surface area contributed by atoms with E-state index in [1.807, 2.05) is 0 Å². The molecule has 0 aromatic carbocycles. The first-order valence-corrected chi connectivity index (χ1v) is 5.34. The van der Waals surface area contributed by atoms with Crippen LogP contribution in [0, 0.1) is 0 Å². The summed E-state index contributed by atoms with van der Waals surface area (Å²) < 4.78 is 0. The van der Waals surface area contributed by atoms with Gasteiger partial charge in [0, 0.05) is 6.54 Å². The largest absolute Gasteiger partial charge is 0.355 e. The molecule has 1 saturated heterocycles. The van der Waals surface area contributed by atoms with Gasteiger partial charge >= 0.3 is 0 Å². The molecule has 1 fully saturated rings. The monoisotopic (exact) mass is 184 g/mol. The minimum absolute atomic E-state index is 0.0295. The summed E-state index contributed by atoms with van der Waals surface area (Å²) in [5.74, 6) is 0.0295. The van der Waals surface area contributed by atoms with Gasteiger partial charge in [-0.05, 0) is 12.8 Å². The zero-order valence-electron chi connectivity index (χ0n) is 8.22. The van der Waals surface area contributed by atoms with Crippen molar-refractivity contribution < 1.29 is 4.79 Å². The first-order chi connectivity index (χ1) is 6.30. The number of amides is 1. The molecule has 1 rings (SSSR count). The van der Waals surface area contributed by atoms with E-state index in [1.165, 1.54) is 25.7 Å². The Bertz CT molecular complexity index is 159. The van der Waals surface area contributed by atoms with Crippen LogP contribution in [0.15, 0.2) is 0 Å². The van der Waals surface area contributed by atoms with Crippen molar-refractivity contribution in [1.82, 2.24) is 5.32 Å². The number of carbonyl (C=O) groups excluding carboxylic acids is 1. The van der Waals surface area contributed by atoms with Gasteiger partial charge in [0.05, 0.1) is 6.04 Å². The van der Waals surface area contributed by atoms with Crippen molar-refractivity contribution in [3.63, 3.8) is 0 Å². The predicted molar refractivity (Wildman–Crippen MR) is 53.3 cm³/mol. The van der Waals surface area contributed by atoms with Crippen LogP contribution in [0.2, 0.25) is 0 Å². The minimum Gasteiger partial charge on any atom is -0.355 e. The van der Waals surface area contributed by atoms with Crippen molar-refractivity contribution in [1.29, 1.82) is 0 Å². The number of nitrogens with two attached hydrogens (primary N) is 1. The van der Waals surface area contributed by atoms with E-state index in [2.05, 4.69) is 5.32 Å². The lowest BCUT2D eigenvalue weighted by Crippen LogP contribution is -2.40. The van der Waals surface area contributed by atoms with Crippen LogP contribution < -0.4 is 11.1 Å². The van der Waals surface area contributed by atoms with E-state index in [1.54, 1.807) is 0 Å². The van der Waals surface area contributed by atoms with Crippen molar-refractivity contribution in [2.45, 2.75) is 51.0 Å². The van der Waals surface area contributed by atoms with Crippen molar-refractivity contribution >= 4 is 5.91 Å². The summed E-state index contributed by atoms with van der Waals surface area (Å²) in [6.45, 7) is 0.798. The molecule has 1 atom stereocenters. The van der Waals surface area contributed by atoms with Gasteiger partial charge in [-0.25, -0.2) is 0 Å². The van der Waals surface area contributed by atoms with Crippen LogP contribution in [0.25, 0.3) is 0 Å². The minimum atomic E-state index is -0.280. The van der Waals surface area contributed by atoms with Crippen LogP contribution >= 0.6 is 0 Å². The summed E-state index contributed by atoms with van der Waals surface area (Å²) in [4.78, 5) is 11.3. The lowest BCUT2D eigenvalue weighted by atomic mass is 10.1. The maximum absolute atomic E-state index is 11.3. The normalized spacial score (nSPS) is 27.5. The van der Waals surface area contributed by atoms with Crippen molar-refractivity contribution in [3.8, 4) is 0 Å². The fourth-order valence-electron chi connectivity index (χ4n) is 1.67. The summed E-state index contributed by atoms with van der Waals surface area (Å²) in [6.07, 6.45) is 8.07. The van der Waals surface area contributed by atoms with E-state index in [0.717, 1.165) is 25.8 Å². The van der Waals surface area contributed by atoms with Crippen LogP contribution in [-0.4, -0.2) is 18.5 Å².